The summed E-state index contributed by atoms with van der Waals surface area (Å²) in [6.45, 7) is 5.99. The standard InChI is InChI=1S/C19H26N2O/c1-15(2)21-11-6-12-22-19-10-9-18(20)14-17(19)13-16-7-4-3-5-8-16/h3-5,7-10,14-15,21H,6,11-13,20H2,1-2H3. The van der Waals surface area contributed by atoms with Crippen LogP contribution in [0.25, 0.3) is 0 Å². The topological polar surface area (TPSA) is 47.3 Å². The van der Waals surface area contributed by atoms with Crippen LogP contribution in [0.3, 0.4) is 0 Å². The molecule has 2 rings (SSSR count). The number of nitrogens with two attached hydrogens (primary N) is 1. The molecule has 0 unspecified atom stereocenters. The first-order valence-electron chi connectivity index (χ1n) is 7.93. The van der Waals surface area contributed by atoms with Gasteiger partial charge in [-0.25, -0.2) is 0 Å². The molecule has 0 radical (unpaired) electrons. The molecule has 3 nitrogen and oxygen atoms in total. The molecule has 22 heavy (non-hydrogen) atoms. The minimum Gasteiger partial charge on any atom is -0.493 e. The van der Waals surface area contributed by atoms with Gasteiger partial charge in [-0.3, -0.25) is 0 Å². The molecule has 0 bridgehead atoms. The van der Waals surface area contributed by atoms with Gasteiger partial charge in [0.15, 0.2) is 0 Å². The maximum atomic E-state index is 5.95. The van der Waals surface area contributed by atoms with E-state index in [9.17, 15) is 0 Å². The maximum absolute atomic E-state index is 5.95. The van der Waals surface area contributed by atoms with Crippen molar-refractivity contribution in [1.29, 1.82) is 0 Å². The van der Waals surface area contributed by atoms with Crippen molar-refractivity contribution in [2.45, 2.75) is 32.7 Å². The van der Waals surface area contributed by atoms with Gasteiger partial charge in [0.25, 0.3) is 0 Å². The molecule has 0 fully saturated rings. The first-order chi connectivity index (χ1) is 10.6. The van der Waals surface area contributed by atoms with Crippen molar-refractivity contribution in [3.8, 4) is 5.75 Å². The minimum atomic E-state index is 0.519. The molecule has 0 aromatic heterocycles. The molecule has 0 aliphatic carbocycles. The molecule has 3 N–H and O–H groups in total. The molecule has 2 aromatic rings. The molecule has 0 saturated carbocycles. The van der Waals surface area contributed by atoms with Gasteiger partial charge >= 0.3 is 0 Å². The lowest BCUT2D eigenvalue weighted by molar-refractivity contribution is 0.304. The molecule has 0 aliphatic heterocycles. The van der Waals surface area contributed by atoms with Crippen molar-refractivity contribution in [3.63, 3.8) is 0 Å². The van der Waals surface area contributed by atoms with Crippen molar-refractivity contribution in [2.24, 2.45) is 0 Å². The average molecular weight is 298 g/mol. The van der Waals surface area contributed by atoms with E-state index in [0.29, 0.717) is 12.6 Å². The molecule has 0 spiro atoms. The fraction of sp³-hybridized carbons (Fsp3) is 0.368. The molecule has 0 heterocycles. The highest BCUT2D eigenvalue weighted by molar-refractivity contribution is 5.49. The van der Waals surface area contributed by atoms with Crippen LogP contribution in [0.5, 0.6) is 5.75 Å². The zero-order valence-electron chi connectivity index (χ0n) is 13.5. The van der Waals surface area contributed by atoms with Gasteiger partial charge in [-0.1, -0.05) is 44.2 Å². The number of nitrogen functional groups attached to an aromatic ring is 1. The lowest BCUT2D eigenvalue weighted by Crippen LogP contribution is -2.24. The van der Waals surface area contributed by atoms with E-state index in [2.05, 4.69) is 43.4 Å². The second kappa shape index (κ2) is 8.44. The second-order valence-electron chi connectivity index (χ2n) is 5.84. The summed E-state index contributed by atoms with van der Waals surface area (Å²) >= 11 is 0. The van der Waals surface area contributed by atoms with Crippen LogP contribution in [-0.2, 0) is 6.42 Å². The van der Waals surface area contributed by atoms with E-state index < -0.39 is 0 Å². The monoisotopic (exact) mass is 298 g/mol. The number of anilines is 1. The van der Waals surface area contributed by atoms with E-state index in [4.69, 9.17) is 10.5 Å². The molecule has 3 heteroatoms. The van der Waals surface area contributed by atoms with E-state index in [1.54, 1.807) is 0 Å². The van der Waals surface area contributed by atoms with Crippen LogP contribution in [0.15, 0.2) is 48.5 Å². The number of nitrogens with one attached hydrogen (secondary N) is 1. The van der Waals surface area contributed by atoms with Crippen LogP contribution < -0.4 is 15.8 Å². The van der Waals surface area contributed by atoms with E-state index in [0.717, 1.165) is 36.4 Å². The van der Waals surface area contributed by atoms with Crippen molar-refractivity contribution >= 4 is 5.69 Å². The van der Waals surface area contributed by atoms with Gasteiger partial charge < -0.3 is 15.8 Å². The normalized spacial score (nSPS) is 10.9. The number of benzene rings is 2. The van der Waals surface area contributed by atoms with Crippen molar-refractivity contribution < 1.29 is 4.74 Å². The van der Waals surface area contributed by atoms with E-state index in [-0.39, 0.29) is 0 Å². The first kappa shape index (κ1) is 16.4. The molecule has 0 amide bonds. The van der Waals surface area contributed by atoms with Crippen LogP contribution in [0, 0.1) is 0 Å². The number of rotatable bonds is 8. The quantitative estimate of drug-likeness (QED) is 0.578. The van der Waals surface area contributed by atoms with E-state index in [1.165, 1.54) is 5.56 Å². The summed E-state index contributed by atoms with van der Waals surface area (Å²) in [5.41, 5.74) is 9.11. The van der Waals surface area contributed by atoms with Crippen molar-refractivity contribution in [1.82, 2.24) is 5.32 Å². The molecule has 0 saturated heterocycles. The molecule has 2 aromatic carbocycles. The summed E-state index contributed by atoms with van der Waals surface area (Å²) in [5.74, 6) is 0.933. The Balaban J connectivity index is 1.95. The minimum absolute atomic E-state index is 0.519. The number of ether oxygens (including phenoxy) is 1. The summed E-state index contributed by atoms with van der Waals surface area (Å²) < 4.78 is 5.95. The third-order valence-electron chi connectivity index (χ3n) is 3.45. The first-order valence-corrected chi connectivity index (χ1v) is 7.93. The number of hydrogen-bond acceptors (Lipinski definition) is 3. The zero-order chi connectivity index (χ0) is 15.8. The molecular weight excluding hydrogens is 272 g/mol. The largest absolute Gasteiger partial charge is 0.493 e. The summed E-state index contributed by atoms with van der Waals surface area (Å²) in [5, 5.41) is 3.40. The summed E-state index contributed by atoms with van der Waals surface area (Å²) in [4.78, 5) is 0. The lowest BCUT2D eigenvalue weighted by atomic mass is 10.0. The fourth-order valence-electron chi connectivity index (χ4n) is 2.34. The molecule has 0 atom stereocenters. The van der Waals surface area contributed by atoms with Gasteiger partial charge in [0.05, 0.1) is 6.61 Å². The van der Waals surface area contributed by atoms with Crippen LogP contribution in [0.2, 0.25) is 0 Å². The Hall–Kier alpha value is -2.00. The fourth-order valence-corrected chi connectivity index (χ4v) is 2.34. The Morgan fingerprint density at radius 2 is 1.86 bits per heavy atom. The van der Waals surface area contributed by atoms with Gasteiger partial charge in [-0.15, -0.1) is 0 Å². The Bertz CT molecular complexity index is 567. The third-order valence-corrected chi connectivity index (χ3v) is 3.45. The van der Waals surface area contributed by atoms with Crippen LogP contribution >= 0.6 is 0 Å². The molecular formula is C19H26N2O. The Labute approximate surface area is 133 Å². The summed E-state index contributed by atoms with van der Waals surface area (Å²) in [6, 6.07) is 16.8. The van der Waals surface area contributed by atoms with Gasteiger partial charge in [0.2, 0.25) is 0 Å². The van der Waals surface area contributed by atoms with Crippen LogP contribution in [0.1, 0.15) is 31.4 Å². The van der Waals surface area contributed by atoms with Crippen LogP contribution in [-0.4, -0.2) is 19.2 Å². The van der Waals surface area contributed by atoms with Crippen molar-refractivity contribution in [3.05, 3.63) is 59.7 Å². The molecule has 118 valence electrons. The third kappa shape index (κ3) is 5.41. The smallest absolute Gasteiger partial charge is 0.122 e. The SMILES string of the molecule is CC(C)NCCCOc1ccc(N)cc1Cc1ccccc1. The summed E-state index contributed by atoms with van der Waals surface area (Å²) in [6.07, 6.45) is 1.83. The Kier molecular flexibility index (Phi) is 6.28. The highest BCUT2D eigenvalue weighted by atomic mass is 16.5. The average Bonchev–Trinajstić information content (AvgIpc) is 2.49. The number of hydrogen-bond donors (Lipinski definition) is 2. The predicted molar refractivity (Wildman–Crippen MR) is 93.4 cm³/mol. The highest BCUT2D eigenvalue weighted by Gasteiger charge is 2.06. The van der Waals surface area contributed by atoms with Crippen LogP contribution in [0.4, 0.5) is 5.69 Å². The van der Waals surface area contributed by atoms with E-state index in [1.807, 2.05) is 24.3 Å². The van der Waals surface area contributed by atoms with E-state index >= 15 is 0 Å². The summed E-state index contributed by atoms with van der Waals surface area (Å²) in [7, 11) is 0. The highest BCUT2D eigenvalue weighted by Crippen LogP contribution is 2.24. The van der Waals surface area contributed by atoms with Gasteiger partial charge in [0, 0.05) is 23.7 Å². The van der Waals surface area contributed by atoms with Gasteiger partial charge in [0.1, 0.15) is 5.75 Å². The lowest BCUT2D eigenvalue weighted by Gasteiger charge is -2.13. The molecule has 0 aliphatic rings. The Morgan fingerprint density at radius 3 is 2.59 bits per heavy atom. The van der Waals surface area contributed by atoms with Gasteiger partial charge in [-0.05, 0) is 36.7 Å². The van der Waals surface area contributed by atoms with Crippen molar-refractivity contribution in [2.75, 3.05) is 18.9 Å². The second-order valence-corrected chi connectivity index (χ2v) is 5.84. The Morgan fingerprint density at radius 1 is 1.09 bits per heavy atom. The maximum Gasteiger partial charge on any atom is 0.122 e. The zero-order valence-corrected chi connectivity index (χ0v) is 13.5. The predicted octanol–water partition coefficient (Wildman–Crippen LogP) is 3.63. The van der Waals surface area contributed by atoms with Gasteiger partial charge in [-0.2, -0.15) is 0 Å².